The van der Waals surface area contributed by atoms with Crippen LogP contribution in [0, 0.1) is 0 Å². The zero-order valence-electron chi connectivity index (χ0n) is 19.9. The molecule has 5 rings (SSSR count). The molecule has 34 heavy (non-hydrogen) atoms. The van der Waals surface area contributed by atoms with Crippen LogP contribution in [0.3, 0.4) is 0 Å². The molecule has 0 saturated carbocycles. The Labute approximate surface area is 213 Å². The van der Waals surface area contributed by atoms with E-state index in [1.807, 2.05) is 24.3 Å². The van der Waals surface area contributed by atoms with Crippen molar-refractivity contribution >= 4 is 62.2 Å². The Morgan fingerprint density at radius 1 is 1.35 bits per heavy atom. The number of benzene rings is 1. The number of H-pyrrole nitrogens is 1. The van der Waals surface area contributed by atoms with Crippen LogP contribution in [0.15, 0.2) is 30.8 Å². The van der Waals surface area contributed by atoms with Gasteiger partial charge >= 0.3 is 0 Å². The van der Waals surface area contributed by atoms with E-state index in [4.69, 9.17) is 11.6 Å². The predicted molar refractivity (Wildman–Crippen MR) is 151 cm³/mol. The van der Waals surface area contributed by atoms with Crippen molar-refractivity contribution in [2.75, 3.05) is 32.1 Å². The topological polar surface area (TPSA) is 87.0 Å². The first-order chi connectivity index (χ1) is 16.4. The van der Waals surface area contributed by atoms with Crippen LogP contribution in [0.25, 0.3) is 17.0 Å². The summed E-state index contributed by atoms with van der Waals surface area (Å²) in [6, 6.07) is 8.10. The first kappa shape index (κ1) is 26.6. The van der Waals surface area contributed by atoms with Crippen LogP contribution >= 0.6 is 33.4 Å². The monoisotopic (exact) mass is 519 g/mol. The molecule has 6 nitrogen and oxygen atoms in total. The second-order valence-electron chi connectivity index (χ2n) is 8.31. The molecule has 1 aromatic carbocycles. The highest BCUT2D eigenvalue weighted by atomic mass is 35.5. The molecule has 2 aromatic heterocycles. The number of thiazole rings is 1. The van der Waals surface area contributed by atoms with Crippen LogP contribution in [-0.4, -0.2) is 64.8 Å². The molecule has 0 radical (unpaired) electrons. The molecule has 1 amide bonds. The van der Waals surface area contributed by atoms with Gasteiger partial charge in [-0.05, 0) is 68.8 Å². The molecule has 4 heterocycles. The van der Waals surface area contributed by atoms with E-state index in [9.17, 15) is 4.79 Å². The van der Waals surface area contributed by atoms with E-state index in [0.717, 1.165) is 71.2 Å². The molecule has 4 N–H and O–H groups in total. The lowest BCUT2D eigenvalue weighted by Crippen LogP contribution is -2.37. The summed E-state index contributed by atoms with van der Waals surface area (Å²) in [7, 11) is 3.92. The number of hydrogen-bond donors (Lipinski definition) is 3. The number of aromatic nitrogens is 2. The molecule has 2 aliphatic heterocycles. The van der Waals surface area contributed by atoms with E-state index < -0.39 is 0 Å². The molecule has 0 atom stereocenters. The zero-order valence-corrected chi connectivity index (χ0v) is 22.3. The predicted octanol–water partition coefficient (Wildman–Crippen LogP) is 4.76. The molecule has 0 aliphatic carbocycles. The third kappa shape index (κ3) is 7.02. The van der Waals surface area contributed by atoms with Crippen molar-refractivity contribution in [3.8, 4) is 0 Å². The maximum atomic E-state index is 12.3. The number of nitrogens with zero attached hydrogens (tertiary/aromatic N) is 2. The van der Waals surface area contributed by atoms with Gasteiger partial charge in [0.1, 0.15) is 0 Å². The molecule has 184 valence electrons. The fraction of sp³-hybridized carbons (Fsp3) is 0.400. The minimum atomic E-state index is 0.0166. The van der Waals surface area contributed by atoms with Gasteiger partial charge in [0.2, 0.25) is 0 Å². The number of nitrogens with two attached hydrogens (primary N) is 1. The lowest BCUT2D eigenvalue weighted by Gasteiger charge is -2.24. The quantitative estimate of drug-likeness (QED) is 0.435. The lowest BCUT2D eigenvalue weighted by molar-refractivity contribution is 0.0934. The normalized spacial score (nSPS) is 19.8. The Balaban J connectivity index is 0.000000197. The lowest BCUT2D eigenvalue weighted by atomic mass is 10.1. The number of amides is 1. The Morgan fingerprint density at radius 2 is 2.09 bits per heavy atom. The highest BCUT2D eigenvalue weighted by Crippen LogP contribution is 2.26. The van der Waals surface area contributed by atoms with Gasteiger partial charge in [0.15, 0.2) is 5.01 Å². The minimum absolute atomic E-state index is 0.0166. The van der Waals surface area contributed by atoms with E-state index >= 15 is 0 Å². The van der Waals surface area contributed by atoms with Gasteiger partial charge in [0.05, 0.1) is 5.69 Å². The number of rotatable bonds is 3. The smallest absolute Gasteiger partial charge is 0.280 e. The summed E-state index contributed by atoms with van der Waals surface area (Å²) in [6.07, 6.45) is 4.87. The zero-order chi connectivity index (χ0) is 24.7. The summed E-state index contributed by atoms with van der Waals surface area (Å²) < 4.78 is 0. The number of fused-ring (bicyclic) bond motifs is 2. The number of carbonyl (C=O) groups is 1. The fourth-order valence-corrected chi connectivity index (χ4v) is 6.62. The summed E-state index contributed by atoms with van der Waals surface area (Å²) in [5.41, 5.74) is 7.74. The Bertz CT molecular complexity index is 1150. The van der Waals surface area contributed by atoms with Crippen LogP contribution in [0.4, 0.5) is 0 Å². The summed E-state index contributed by atoms with van der Waals surface area (Å²) in [4.78, 5) is 23.6. The molecule has 1 saturated heterocycles. The van der Waals surface area contributed by atoms with E-state index in [1.54, 1.807) is 17.4 Å². The standard InChI is InChI=1S/C14H21N3OS2.C10H8ClN.CH5N/c1-17-6-3-11-12(9-17)19-14(16-11)13(18)15-10-4-7-20(2)8-5-10;1-2-9-6-7-5-8(11)3-4-10(7)12-9;1-2/h10H,2-9H2,1H3,(H,15,18);2-6,12H,1H2;2H2,1H3. The van der Waals surface area contributed by atoms with Crippen LogP contribution in [0.5, 0.6) is 0 Å². The molecule has 3 aromatic rings. The van der Waals surface area contributed by atoms with Gasteiger partial charge in [-0.2, -0.15) is 10.5 Å². The number of carbonyl (C=O) groups excluding carboxylic acids is 1. The Morgan fingerprint density at radius 3 is 2.79 bits per heavy atom. The van der Waals surface area contributed by atoms with Crippen molar-refractivity contribution in [2.45, 2.75) is 31.8 Å². The van der Waals surface area contributed by atoms with Crippen LogP contribution < -0.4 is 11.1 Å². The van der Waals surface area contributed by atoms with Gasteiger partial charge < -0.3 is 20.9 Å². The van der Waals surface area contributed by atoms with E-state index in [2.05, 4.69) is 45.4 Å². The maximum absolute atomic E-state index is 12.3. The summed E-state index contributed by atoms with van der Waals surface area (Å²) >= 11 is 7.39. The molecule has 9 heteroatoms. The number of likely N-dealkylation sites (N-methyl/N-ethyl adjacent to an activating group) is 1. The average Bonchev–Trinajstić information content (AvgIpc) is 3.45. The largest absolute Gasteiger partial charge is 0.355 e. The van der Waals surface area contributed by atoms with Gasteiger partial charge in [-0.15, -0.1) is 11.3 Å². The molecule has 2 aliphatic rings. The maximum Gasteiger partial charge on any atom is 0.280 e. The number of hydrogen-bond acceptors (Lipinski definition) is 5. The first-order valence-corrected chi connectivity index (χ1v) is 14.3. The Hall–Kier alpha value is -1.97. The van der Waals surface area contributed by atoms with Crippen LogP contribution in [0.1, 0.15) is 38.9 Å². The van der Waals surface area contributed by atoms with Gasteiger partial charge in [-0.25, -0.2) is 4.98 Å². The summed E-state index contributed by atoms with van der Waals surface area (Å²) in [5, 5.41) is 5.67. The van der Waals surface area contributed by atoms with Gasteiger partial charge in [-0.1, -0.05) is 24.1 Å². The molecule has 0 bridgehead atoms. The fourth-order valence-electron chi connectivity index (χ4n) is 3.91. The van der Waals surface area contributed by atoms with Crippen molar-refractivity contribution in [2.24, 2.45) is 5.73 Å². The van der Waals surface area contributed by atoms with Crippen LogP contribution in [0.2, 0.25) is 5.02 Å². The van der Waals surface area contributed by atoms with E-state index in [-0.39, 0.29) is 5.91 Å². The molecule has 0 unspecified atom stereocenters. The summed E-state index contributed by atoms with van der Waals surface area (Å²) in [5.74, 6) is 6.42. The molecular weight excluding hydrogens is 486 g/mol. The number of halogens is 1. The molecular formula is C25H34ClN5OS2. The second-order valence-corrected chi connectivity index (χ2v) is 11.9. The second kappa shape index (κ2) is 12.7. The van der Waals surface area contributed by atoms with Gasteiger partial charge in [0, 0.05) is 52.0 Å². The summed E-state index contributed by atoms with van der Waals surface area (Å²) in [6.45, 7) is 5.64. The van der Waals surface area contributed by atoms with Gasteiger partial charge in [0.25, 0.3) is 5.91 Å². The third-order valence-electron chi connectivity index (χ3n) is 5.79. The van der Waals surface area contributed by atoms with Crippen molar-refractivity contribution in [1.29, 1.82) is 0 Å². The number of aromatic amines is 1. The average molecular weight is 520 g/mol. The highest BCUT2D eigenvalue weighted by molar-refractivity contribution is 8.14. The third-order valence-corrected chi connectivity index (χ3v) is 8.73. The van der Waals surface area contributed by atoms with Crippen LogP contribution in [-0.2, 0) is 13.0 Å². The first-order valence-electron chi connectivity index (χ1n) is 11.3. The van der Waals surface area contributed by atoms with Gasteiger partial charge in [-0.3, -0.25) is 4.79 Å². The highest BCUT2D eigenvalue weighted by Gasteiger charge is 2.23. The minimum Gasteiger partial charge on any atom is -0.355 e. The van der Waals surface area contributed by atoms with Crippen molar-refractivity contribution < 1.29 is 4.79 Å². The van der Waals surface area contributed by atoms with E-state index in [0.29, 0.717) is 21.5 Å². The molecule has 1 fully saturated rings. The van der Waals surface area contributed by atoms with Crippen molar-refractivity contribution in [1.82, 2.24) is 20.2 Å². The van der Waals surface area contributed by atoms with Crippen molar-refractivity contribution in [3.05, 3.63) is 57.1 Å². The van der Waals surface area contributed by atoms with E-state index in [1.165, 1.54) is 11.9 Å². The Kier molecular flexibility index (Phi) is 9.91. The SMILES string of the molecule is C=Cc1cc2cc(Cl)ccc2[nH]1.C=S1CCC(NC(=O)c2nc3c(s2)CN(C)CC3)CC1.CN. The van der Waals surface area contributed by atoms with Crippen molar-refractivity contribution in [3.63, 3.8) is 0 Å². The molecule has 0 spiro atoms. The number of nitrogens with one attached hydrogen (secondary N) is 2.